The number of nitrogens with zero attached hydrogens (tertiary/aromatic N) is 3. The molecule has 0 amide bonds. The van der Waals surface area contributed by atoms with E-state index < -0.39 is 0 Å². The van der Waals surface area contributed by atoms with E-state index in [2.05, 4.69) is 34.1 Å². The molecule has 4 nitrogen and oxygen atoms in total. The molecule has 100 valence electrons. The summed E-state index contributed by atoms with van der Waals surface area (Å²) >= 11 is 0. The van der Waals surface area contributed by atoms with Gasteiger partial charge in [0.15, 0.2) is 0 Å². The van der Waals surface area contributed by atoms with Crippen molar-refractivity contribution in [2.24, 2.45) is 0 Å². The van der Waals surface area contributed by atoms with E-state index in [-0.39, 0.29) is 0 Å². The lowest BCUT2D eigenvalue weighted by atomic mass is 10.1. The molecule has 0 fully saturated rings. The Balaban J connectivity index is 2.23. The monoisotopic (exact) mass is 256 g/mol. The quantitative estimate of drug-likeness (QED) is 0.893. The zero-order valence-corrected chi connectivity index (χ0v) is 11.8. The fraction of sp³-hybridized carbons (Fsp3) is 0.400. The van der Waals surface area contributed by atoms with E-state index in [0.717, 1.165) is 42.3 Å². The zero-order valence-electron chi connectivity index (χ0n) is 11.8. The average Bonchev–Trinajstić information content (AvgIpc) is 2.42. The third-order valence-electron chi connectivity index (χ3n) is 3.09. The van der Waals surface area contributed by atoms with E-state index in [9.17, 15) is 0 Å². The maximum absolute atomic E-state index is 4.62. The maximum Gasteiger partial charge on any atom is 0.135 e. The first-order valence-electron chi connectivity index (χ1n) is 6.67. The molecule has 0 atom stereocenters. The lowest BCUT2D eigenvalue weighted by Crippen LogP contribution is -2.09. The van der Waals surface area contributed by atoms with Gasteiger partial charge >= 0.3 is 0 Å². The summed E-state index contributed by atoms with van der Waals surface area (Å²) in [5, 5.41) is 3.37. The summed E-state index contributed by atoms with van der Waals surface area (Å²) in [4.78, 5) is 13.2. The molecule has 2 rings (SSSR count). The normalized spacial score (nSPS) is 10.5. The first-order chi connectivity index (χ1) is 9.20. The van der Waals surface area contributed by atoms with Gasteiger partial charge in [-0.15, -0.1) is 0 Å². The van der Waals surface area contributed by atoms with Crippen molar-refractivity contribution in [1.82, 2.24) is 15.0 Å². The van der Waals surface area contributed by atoms with Gasteiger partial charge < -0.3 is 5.32 Å². The van der Waals surface area contributed by atoms with Crippen molar-refractivity contribution in [3.8, 4) is 0 Å². The molecule has 0 radical (unpaired) electrons. The number of aromatic nitrogens is 3. The highest BCUT2D eigenvalue weighted by atomic mass is 15.0. The van der Waals surface area contributed by atoms with E-state index in [1.54, 1.807) is 12.4 Å². The molecule has 0 aliphatic rings. The molecule has 2 aromatic rings. The average molecular weight is 256 g/mol. The Labute approximate surface area is 114 Å². The van der Waals surface area contributed by atoms with Gasteiger partial charge in [-0.05, 0) is 38.0 Å². The summed E-state index contributed by atoms with van der Waals surface area (Å²) in [6.07, 6.45) is 5.42. The molecular weight excluding hydrogens is 236 g/mol. The van der Waals surface area contributed by atoms with E-state index in [0.29, 0.717) is 0 Å². The number of hydrogen-bond acceptors (Lipinski definition) is 4. The van der Waals surface area contributed by atoms with Gasteiger partial charge in [-0.3, -0.25) is 4.98 Å². The smallest absolute Gasteiger partial charge is 0.135 e. The summed E-state index contributed by atoms with van der Waals surface area (Å²) in [7, 11) is 0. The molecule has 4 heteroatoms. The fourth-order valence-electron chi connectivity index (χ4n) is 1.86. The molecule has 0 bridgehead atoms. The molecule has 0 spiro atoms. The SMILES string of the molecule is CCCNc1nc(Cc2ccncc2)nc(C)c1C. The summed E-state index contributed by atoms with van der Waals surface area (Å²) in [5.41, 5.74) is 3.35. The highest BCUT2D eigenvalue weighted by molar-refractivity contribution is 5.45. The lowest BCUT2D eigenvalue weighted by Gasteiger charge is -2.11. The molecule has 2 heterocycles. The van der Waals surface area contributed by atoms with Crippen LogP contribution in [-0.2, 0) is 6.42 Å². The van der Waals surface area contributed by atoms with Gasteiger partial charge in [-0.25, -0.2) is 9.97 Å². The predicted molar refractivity (Wildman–Crippen MR) is 77.3 cm³/mol. The summed E-state index contributed by atoms with van der Waals surface area (Å²) in [6, 6.07) is 4.00. The number of hydrogen-bond donors (Lipinski definition) is 1. The second kappa shape index (κ2) is 6.27. The van der Waals surface area contributed by atoms with Crippen molar-refractivity contribution in [2.45, 2.75) is 33.6 Å². The Bertz CT molecular complexity index is 537. The molecule has 0 saturated heterocycles. The zero-order chi connectivity index (χ0) is 13.7. The molecule has 0 aromatic carbocycles. The van der Waals surface area contributed by atoms with Gasteiger partial charge in [-0.2, -0.15) is 0 Å². The summed E-state index contributed by atoms with van der Waals surface area (Å²) in [5.74, 6) is 1.81. The highest BCUT2D eigenvalue weighted by Gasteiger charge is 2.08. The molecular formula is C15H20N4. The minimum atomic E-state index is 0.741. The van der Waals surface area contributed by atoms with Gasteiger partial charge in [-0.1, -0.05) is 6.92 Å². The largest absolute Gasteiger partial charge is 0.370 e. The minimum Gasteiger partial charge on any atom is -0.370 e. The van der Waals surface area contributed by atoms with Gasteiger partial charge in [0.1, 0.15) is 11.6 Å². The number of rotatable bonds is 5. The first-order valence-corrected chi connectivity index (χ1v) is 6.67. The van der Waals surface area contributed by atoms with Gasteiger partial charge in [0.25, 0.3) is 0 Å². The van der Waals surface area contributed by atoms with Crippen LogP contribution in [0.4, 0.5) is 5.82 Å². The van der Waals surface area contributed by atoms with Crippen molar-refractivity contribution in [3.05, 3.63) is 47.2 Å². The van der Waals surface area contributed by atoms with Crippen LogP contribution in [0.3, 0.4) is 0 Å². The second-order valence-corrected chi connectivity index (χ2v) is 4.66. The van der Waals surface area contributed by atoms with Crippen LogP contribution in [-0.4, -0.2) is 21.5 Å². The van der Waals surface area contributed by atoms with E-state index in [4.69, 9.17) is 0 Å². The van der Waals surface area contributed by atoms with Crippen LogP contribution in [0.15, 0.2) is 24.5 Å². The Morgan fingerprint density at radius 3 is 2.53 bits per heavy atom. The number of pyridine rings is 1. The van der Waals surface area contributed by atoms with Crippen LogP contribution < -0.4 is 5.32 Å². The number of nitrogens with one attached hydrogen (secondary N) is 1. The Kier molecular flexibility index (Phi) is 4.44. The van der Waals surface area contributed by atoms with E-state index in [1.807, 2.05) is 19.1 Å². The maximum atomic E-state index is 4.62. The third kappa shape index (κ3) is 3.50. The van der Waals surface area contributed by atoms with Crippen molar-refractivity contribution in [3.63, 3.8) is 0 Å². The molecule has 0 aliphatic heterocycles. The van der Waals surface area contributed by atoms with Crippen molar-refractivity contribution < 1.29 is 0 Å². The number of aryl methyl sites for hydroxylation is 1. The van der Waals surface area contributed by atoms with Crippen molar-refractivity contribution in [2.75, 3.05) is 11.9 Å². The minimum absolute atomic E-state index is 0.741. The standard InChI is InChI=1S/C15H20N4/c1-4-7-17-15-11(2)12(3)18-14(19-15)10-13-5-8-16-9-6-13/h5-6,8-9H,4,7,10H2,1-3H3,(H,17,18,19). The molecule has 0 saturated carbocycles. The van der Waals surface area contributed by atoms with E-state index >= 15 is 0 Å². The molecule has 0 aliphatic carbocycles. The van der Waals surface area contributed by atoms with Crippen LogP contribution in [0.2, 0.25) is 0 Å². The van der Waals surface area contributed by atoms with Crippen molar-refractivity contribution >= 4 is 5.82 Å². The Morgan fingerprint density at radius 2 is 1.84 bits per heavy atom. The predicted octanol–water partition coefficient (Wildman–Crippen LogP) is 2.90. The van der Waals surface area contributed by atoms with Crippen LogP contribution in [0.25, 0.3) is 0 Å². The van der Waals surface area contributed by atoms with Gasteiger partial charge in [0.2, 0.25) is 0 Å². The topological polar surface area (TPSA) is 50.7 Å². The fourth-order valence-corrected chi connectivity index (χ4v) is 1.86. The van der Waals surface area contributed by atoms with Crippen molar-refractivity contribution in [1.29, 1.82) is 0 Å². The molecule has 1 N–H and O–H groups in total. The lowest BCUT2D eigenvalue weighted by molar-refractivity contribution is 0.903. The Hall–Kier alpha value is -1.97. The third-order valence-corrected chi connectivity index (χ3v) is 3.09. The van der Waals surface area contributed by atoms with E-state index in [1.165, 1.54) is 5.56 Å². The van der Waals surface area contributed by atoms with Crippen LogP contribution in [0.1, 0.15) is 36.0 Å². The first kappa shape index (κ1) is 13.5. The van der Waals surface area contributed by atoms with Gasteiger partial charge in [0, 0.05) is 36.6 Å². The molecule has 19 heavy (non-hydrogen) atoms. The molecule has 2 aromatic heterocycles. The highest BCUT2D eigenvalue weighted by Crippen LogP contribution is 2.16. The molecule has 0 unspecified atom stereocenters. The van der Waals surface area contributed by atoms with Crippen LogP contribution in [0, 0.1) is 13.8 Å². The van der Waals surface area contributed by atoms with Gasteiger partial charge in [0.05, 0.1) is 0 Å². The second-order valence-electron chi connectivity index (χ2n) is 4.66. The Morgan fingerprint density at radius 1 is 1.11 bits per heavy atom. The van der Waals surface area contributed by atoms with Crippen LogP contribution >= 0.6 is 0 Å². The summed E-state index contributed by atoms with van der Waals surface area (Å²) < 4.78 is 0. The number of anilines is 1. The summed E-state index contributed by atoms with van der Waals surface area (Å²) in [6.45, 7) is 7.17. The van der Waals surface area contributed by atoms with Crippen LogP contribution in [0.5, 0.6) is 0 Å².